The number of hydrogen-bond acceptors (Lipinski definition) is 1. The normalized spacial score (nSPS) is 13.1. The molecule has 0 fully saturated rings. The standard InChI is InChI=1S/C17H22FN/c1-4-12(5-2)17(19-3)15-10-11-16(18)14-9-7-6-8-13(14)15/h6-12,17,19H,4-5H2,1-3H3. The minimum absolute atomic E-state index is 0.140. The topological polar surface area (TPSA) is 12.0 Å². The molecule has 1 nitrogen and oxygen atoms in total. The van der Waals surface area contributed by atoms with Crippen molar-refractivity contribution in [1.82, 2.24) is 5.32 Å². The number of rotatable bonds is 5. The zero-order valence-electron chi connectivity index (χ0n) is 11.9. The van der Waals surface area contributed by atoms with E-state index in [0.717, 1.165) is 18.2 Å². The molecule has 2 aromatic carbocycles. The van der Waals surface area contributed by atoms with E-state index in [9.17, 15) is 4.39 Å². The third-order valence-corrected chi connectivity index (χ3v) is 4.07. The molecule has 0 bridgehead atoms. The molecule has 0 radical (unpaired) electrons. The number of halogens is 1. The van der Waals surface area contributed by atoms with Gasteiger partial charge in [-0.1, -0.05) is 57.0 Å². The summed E-state index contributed by atoms with van der Waals surface area (Å²) in [6.45, 7) is 4.43. The van der Waals surface area contributed by atoms with Crippen molar-refractivity contribution in [3.05, 3.63) is 47.8 Å². The molecule has 0 amide bonds. The lowest BCUT2D eigenvalue weighted by Gasteiger charge is -2.26. The van der Waals surface area contributed by atoms with Crippen LogP contribution in [0.5, 0.6) is 0 Å². The smallest absolute Gasteiger partial charge is 0.131 e. The molecule has 1 unspecified atom stereocenters. The van der Waals surface area contributed by atoms with E-state index < -0.39 is 0 Å². The first-order chi connectivity index (χ1) is 9.22. The molecule has 2 aromatic rings. The Kier molecular flexibility index (Phi) is 4.54. The molecule has 1 N–H and O–H groups in total. The van der Waals surface area contributed by atoms with Crippen LogP contribution in [0.2, 0.25) is 0 Å². The maximum atomic E-state index is 13.9. The van der Waals surface area contributed by atoms with E-state index in [1.807, 2.05) is 37.4 Å². The van der Waals surface area contributed by atoms with Crippen LogP contribution < -0.4 is 5.32 Å². The summed E-state index contributed by atoms with van der Waals surface area (Å²) in [6.07, 6.45) is 2.24. The molecule has 102 valence electrons. The lowest BCUT2D eigenvalue weighted by molar-refractivity contribution is 0.361. The Labute approximate surface area is 114 Å². The predicted octanol–water partition coefficient (Wildman–Crippen LogP) is 4.68. The van der Waals surface area contributed by atoms with E-state index in [0.29, 0.717) is 11.3 Å². The highest BCUT2D eigenvalue weighted by molar-refractivity contribution is 5.86. The van der Waals surface area contributed by atoms with Gasteiger partial charge >= 0.3 is 0 Å². The molecule has 0 aliphatic rings. The summed E-state index contributed by atoms with van der Waals surface area (Å²) >= 11 is 0. The van der Waals surface area contributed by atoms with Gasteiger partial charge in [0.1, 0.15) is 5.82 Å². The predicted molar refractivity (Wildman–Crippen MR) is 79.8 cm³/mol. The van der Waals surface area contributed by atoms with Gasteiger partial charge in [0.2, 0.25) is 0 Å². The summed E-state index contributed by atoms with van der Waals surface area (Å²) in [5.41, 5.74) is 1.20. The van der Waals surface area contributed by atoms with Crippen LogP contribution in [0, 0.1) is 11.7 Å². The Morgan fingerprint density at radius 1 is 1.00 bits per heavy atom. The van der Waals surface area contributed by atoms with Gasteiger partial charge in [-0.2, -0.15) is 0 Å². The van der Waals surface area contributed by atoms with Crippen molar-refractivity contribution in [1.29, 1.82) is 0 Å². The van der Waals surface area contributed by atoms with Crippen LogP contribution >= 0.6 is 0 Å². The molecule has 2 rings (SSSR count). The van der Waals surface area contributed by atoms with Crippen LogP contribution in [0.3, 0.4) is 0 Å². The number of benzene rings is 2. The van der Waals surface area contributed by atoms with Gasteiger partial charge in [-0.25, -0.2) is 4.39 Å². The Morgan fingerprint density at radius 3 is 2.21 bits per heavy atom. The number of hydrogen-bond donors (Lipinski definition) is 1. The summed E-state index contributed by atoms with van der Waals surface area (Å²) < 4.78 is 13.9. The molecule has 0 spiro atoms. The van der Waals surface area contributed by atoms with Crippen molar-refractivity contribution < 1.29 is 4.39 Å². The molecule has 0 heterocycles. The molecule has 1 atom stereocenters. The van der Waals surface area contributed by atoms with Crippen molar-refractivity contribution in [2.45, 2.75) is 32.7 Å². The van der Waals surface area contributed by atoms with Gasteiger partial charge in [0.05, 0.1) is 0 Å². The maximum Gasteiger partial charge on any atom is 0.131 e. The number of nitrogens with one attached hydrogen (secondary N) is 1. The van der Waals surface area contributed by atoms with E-state index in [1.54, 1.807) is 6.07 Å². The van der Waals surface area contributed by atoms with Crippen LogP contribution in [0.15, 0.2) is 36.4 Å². The Morgan fingerprint density at radius 2 is 1.63 bits per heavy atom. The van der Waals surface area contributed by atoms with Crippen molar-refractivity contribution in [2.75, 3.05) is 7.05 Å². The largest absolute Gasteiger partial charge is 0.313 e. The van der Waals surface area contributed by atoms with Gasteiger partial charge in [0, 0.05) is 11.4 Å². The highest BCUT2D eigenvalue weighted by atomic mass is 19.1. The quantitative estimate of drug-likeness (QED) is 0.822. The van der Waals surface area contributed by atoms with Gasteiger partial charge in [0.25, 0.3) is 0 Å². The maximum absolute atomic E-state index is 13.9. The van der Waals surface area contributed by atoms with Gasteiger partial charge in [0.15, 0.2) is 0 Å². The summed E-state index contributed by atoms with van der Waals surface area (Å²) in [7, 11) is 1.99. The van der Waals surface area contributed by atoms with Crippen LogP contribution in [-0.4, -0.2) is 7.05 Å². The van der Waals surface area contributed by atoms with Crippen molar-refractivity contribution in [3.8, 4) is 0 Å². The Balaban J connectivity index is 2.57. The molecule has 2 heteroatoms. The fourth-order valence-electron chi connectivity index (χ4n) is 2.96. The monoisotopic (exact) mass is 259 g/mol. The molecule has 0 aliphatic heterocycles. The Hall–Kier alpha value is -1.41. The third-order valence-electron chi connectivity index (χ3n) is 4.07. The van der Waals surface area contributed by atoms with Gasteiger partial charge in [-0.3, -0.25) is 0 Å². The SMILES string of the molecule is CCC(CC)C(NC)c1ccc(F)c2ccccc12. The van der Waals surface area contributed by atoms with E-state index in [1.165, 1.54) is 5.56 Å². The highest BCUT2D eigenvalue weighted by Gasteiger charge is 2.21. The van der Waals surface area contributed by atoms with Crippen LogP contribution in [0.1, 0.15) is 38.3 Å². The second-order valence-electron chi connectivity index (χ2n) is 5.03. The van der Waals surface area contributed by atoms with E-state index in [-0.39, 0.29) is 11.9 Å². The average Bonchev–Trinajstić information content (AvgIpc) is 2.46. The van der Waals surface area contributed by atoms with Crippen LogP contribution in [-0.2, 0) is 0 Å². The first-order valence-corrected chi connectivity index (χ1v) is 7.07. The van der Waals surface area contributed by atoms with Crippen molar-refractivity contribution in [2.24, 2.45) is 5.92 Å². The molecule has 0 saturated carbocycles. The molecule has 0 saturated heterocycles. The third kappa shape index (κ3) is 2.64. The molecule has 0 aromatic heterocycles. The minimum atomic E-state index is -0.140. The van der Waals surface area contributed by atoms with Gasteiger partial charge in [-0.15, -0.1) is 0 Å². The molecule has 0 aliphatic carbocycles. The zero-order valence-corrected chi connectivity index (χ0v) is 11.9. The second kappa shape index (κ2) is 6.16. The molecular weight excluding hydrogens is 237 g/mol. The summed E-state index contributed by atoms with van der Waals surface area (Å²) in [6, 6.07) is 11.5. The lowest BCUT2D eigenvalue weighted by Crippen LogP contribution is -2.24. The fourth-order valence-corrected chi connectivity index (χ4v) is 2.96. The summed E-state index contributed by atoms with van der Waals surface area (Å²) in [5.74, 6) is 0.428. The lowest BCUT2D eigenvalue weighted by atomic mass is 9.86. The number of fused-ring (bicyclic) bond motifs is 1. The van der Waals surface area contributed by atoms with Gasteiger partial charge < -0.3 is 5.32 Å². The highest BCUT2D eigenvalue weighted by Crippen LogP contribution is 2.33. The Bertz CT molecular complexity index is 546. The van der Waals surface area contributed by atoms with Crippen LogP contribution in [0.4, 0.5) is 4.39 Å². The average molecular weight is 259 g/mol. The van der Waals surface area contributed by atoms with Gasteiger partial charge in [-0.05, 0) is 30.0 Å². The zero-order chi connectivity index (χ0) is 13.8. The molecule has 19 heavy (non-hydrogen) atoms. The first-order valence-electron chi connectivity index (χ1n) is 7.07. The fraction of sp³-hybridized carbons (Fsp3) is 0.412. The second-order valence-corrected chi connectivity index (χ2v) is 5.03. The van der Waals surface area contributed by atoms with Crippen molar-refractivity contribution >= 4 is 10.8 Å². The van der Waals surface area contributed by atoms with E-state index >= 15 is 0 Å². The minimum Gasteiger partial charge on any atom is -0.313 e. The van der Waals surface area contributed by atoms with E-state index in [2.05, 4.69) is 19.2 Å². The first kappa shape index (κ1) is 14.0. The summed E-state index contributed by atoms with van der Waals surface area (Å²) in [4.78, 5) is 0. The molecular formula is C17H22FN. The van der Waals surface area contributed by atoms with E-state index in [4.69, 9.17) is 0 Å². The summed E-state index contributed by atoms with van der Waals surface area (Å²) in [5, 5.41) is 5.15. The van der Waals surface area contributed by atoms with Crippen molar-refractivity contribution in [3.63, 3.8) is 0 Å². The van der Waals surface area contributed by atoms with Crippen LogP contribution in [0.25, 0.3) is 10.8 Å².